The van der Waals surface area contributed by atoms with Crippen molar-refractivity contribution < 1.29 is 5.11 Å². The first kappa shape index (κ1) is 15.8. The van der Waals surface area contributed by atoms with Crippen LogP contribution in [0.25, 0.3) is 0 Å². The van der Waals surface area contributed by atoms with Gasteiger partial charge in [-0.15, -0.1) is 0 Å². The quantitative estimate of drug-likeness (QED) is 0.842. The molecule has 0 radical (unpaired) electrons. The average Bonchev–Trinajstić information content (AvgIpc) is 2.47. The van der Waals surface area contributed by atoms with Crippen LogP contribution in [-0.4, -0.2) is 18.2 Å². The first-order valence-corrected chi connectivity index (χ1v) is 8.53. The van der Waals surface area contributed by atoms with Crippen LogP contribution in [0.5, 0.6) is 0 Å². The second-order valence-electron chi connectivity index (χ2n) is 6.08. The van der Waals surface area contributed by atoms with E-state index in [1.165, 1.54) is 31.4 Å². The van der Waals surface area contributed by atoms with Crippen molar-refractivity contribution in [3.05, 3.63) is 28.2 Å². The maximum absolute atomic E-state index is 9.69. The molecule has 0 aromatic heterocycles. The highest BCUT2D eigenvalue weighted by Crippen LogP contribution is 2.39. The molecule has 1 aromatic carbocycles. The summed E-state index contributed by atoms with van der Waals surface area (Å²) in [5.41, 5.74) is 2.79. The summed E-state index contributed by atoms with van der Waals surface area (Å²) in [7, 11) is 0. The van der Waals surface area contributed by atoms with Crippen LogP contribution in [0.3, 0.4) is 0 Å². The minimum Gasteiger partial charge on any atom is -0.389 e. The summed E-state index contributed by atoms with van der Waals surface area (Å²) in [4.78, 5) is 2.47. The first-order valence-electron chi connectivity index (χ1n) is 7.74. The first-order chi connectivity index (χ1) is 9.51. The number of piperidine rings is 1. The molecular formula is C17H26BrNO. The van der Waals surface area contributed by atoms with E-state index in [1.54, 1.807) is 6.92 Å². The highest BCUT2D eigenvalue weighted by atomic mass is 79.9. The van der Waals surface area contributed by atoms with E-state index in [9.17, 15) is 5.11 Å². The third-order valence-electron chi connectivity index (χ3n) is 5.12. The molecule has 0 aliphatic carbocycles. The Morgan fingerprint density at radius 2 is 1.85 bits per heavy atom. The lowest BCUT2D eigenvalue weighted by Crippen LogP contribution is -2.39. The third-order valence-corrected chi connectivity index (χ3v) is 5.81. The molecule has 0 amide bonds. The molecule has 1 aromatic rings. The third kappa shape index (κ3) is 3.20. The fourth-order valence-electron chi connectivity index (χ4n) is 3.25. The smallest absolute Gasteiger partial charge is 0.0772 e. The van der Waals surface area contributed by atoms with E-state index in [1.807, 2.05) is 6.07 Å². The Hall–Kier alpha value is -0.540. The summed E-state index contributed by atoms with van der Waals surface area (Å²) in [6, 6.07) is 6.32. The summed E-state index contributed by atoms with van der Waals surface area (Å²) in [6.07, 6.45) is 4.74. The zero-order valence-corrected chi connectivity index (χ0v) is 14.4. The van der Waals surface area contributed by atoms with Crippen molar-refractivity contribution in [2.45, 2.75) is 52.6 Å². The Bertz CT molecular complexity index is 444. The van der Waals surface area contributed by atoms with Gasteiger partial charge in [-0.25, -0.2) is 0 Å². The fourth-order valence-corrected chi connectivity index (χ4v) is 3.95. The molecule has 1 fully saturated rings. The lowest BCUT2D eigenvalue weighted by atomic mass is 9.74. The standard InChI is InChI=1S/C17H26BrNO/c1-4-17(5-2)8-10-19(11-9-17)14-6-7-15(13(3)20)16(18)12-14/h6-7,12-13,20H,4-5,8-11H2,1-3H3. The van der Waals surface area contributed by atoms with Crippen molar-refractivity contribution in [3.8, 4) is 0 Å². The van der Waals surface area contributed by atoms with Gasteiger partial charge < -0.3 is 10.0 Å². The van der Waals surface area contributed by atoms with E-state index < -0.39 is 6.10 Å². The molecule has 20 heavy (non-hydrogen) atoms. The van der Waals surface area contributed by atoms with Crippen molar-refractivity contribution in [2.24, 2.45) is 5.41 Å². The molecule has 1 unspecified atom stereocenters. The molecule has 1 atom stereocenters. The molecule has 1 aliphatic rings. The second-order valence-corrected chi connectivity index (χ2v) is 6.93. The van der Waals surface area contributed by atoms with E-state index in [-0.39, 0.29) is 0 Å². The van der Waals surface area contributed by atoms with Crippen LogP contribution in [0.2, 0.25) is 0 Å². The number of aliphatic hydroxyl groups excluding tert-OH is 1. The summed E-state index contributed by atoms with van der Waals surface area (Å²) in [5, 5.41) is 9.69. The number of anilines is 1. The lowest BCUT2D eigenvalue weighted by molar-refractivity contribution is 0.198. The second kappa shape index (κ2) is 6.48. The maximum atomic E-state index is 9.69. The molecule has 0 saturated carbocycles. The van der Waals surface area contributed by atoms with Crippen LogP contribution in [-0.2, 0) is 0 Å². The highest BCUT2D eigenvalue weighted by Gasteiger charge is 2.31. The summed E-state index contributed by atoms with van der Waals surface area (Å²) >= 11 is 3.58. The van der Waals surface area contributed by atoms with Crippen molar-refractivity contribution in [3.63, 3.8) is 0 Å². The van der Waals surface area contributed by atoms with E-state index in [0.29, 0.717) is 5.41 Å². The van der Waals surface area contributed by atoms with Gasteiger partial charge in [0.25, 0.3) is 0 Å². The van der Waals surface area contributed by atoms with Crippen molar-refractivity contribution in [1.82, 2.24) is 0 Å². The van der Waals surface area contributed by atoms with Crippen LogP contribution in [0.4, 0.5) is 5.69 Å². The van der Waals surface area contributed by atoms with Crippen LogP contribution in [0.15, 0.2) is 22.7 Å². The Balaban J connectivity index is 2.09. The van der Waals surface area contributed by atoms with Gasteiger partial charge in [-0.1, -0.05) is 48.7 Å². The van der Waals surface area contributed by atoms with E-state index in [0.717, 1.165) is 23.1 Å². The minimum absolute atomic E-state index is 0.424. The van der Waals surface area contributed by atoms with Gasteiger partial charge in [0.15, 0.2) is 0 Å². The SMILES string of the molecule is CCC1(CC)CCN(c2ccc(C(C)O)c(Br)c2)CC1. The van der Waals surface area contributed by atoms with Crippen molar-refractivity contribution >= 4 is 21.6 Å². The van der Waals surface area contributed by atoms with Gasteiger partial charge >= 0.3 is 0 Å². The fraction of sp³-hybridized carbons (Fsp3) is 0.647. The Morgan fingerprint density at radius 1 is 1.25 bits per heavy atom. The van der Waals surface area contributed by atoms with E-state index in [2.05, 4.69) is 46.8 Å². The molecule has 1 N–H and O–H groups in total. The number of aliphatic hydroxyl groups is 1. The lowest BCUT2D eigenvalue weighted by Gasteiger charge is -2.42. The maximum Gasteiger partial charge on any atom is 0.0772 e. The topological polar surface area (TPSA) is 23.5 Å². The van der Waals surface area contributed by atoms with Gasteiger partial charge in [0.1, 0.15) is 0 Å². The monoisotopic (exact) mass is 339 g/mol. The predicted molar refractivity (Wildman–Crippen MR) is 89.2 cm³/mol. The largest absolute Gasteiger partial charge is 0.389 e. The molecule has 112 valence electrons. The van der Waals surface area contributed by atoms with Crippen molar-refractivity contribution in [1.29, 1.82) is 0 Å². The minimum atomic E-state index is -0.424. The number of rotatable bonds is 4. The predicted octanol–water partition coefficient (Wildman–Crippen LogP) is 4.91. The van der Waals surface area contributed by atoms with Gasteiger partial charge in [-0.3, -0.25) is 0 Å². The number of halogens is 1. The normalized spacial score (nSPS) is 19.9. The Morgan fingerprint density at radius 3 is 2.30 bits per heavy atom. The molecule has 2 nitrogen and oxygen atoms in total. The number of nitrogens with zero attached hydrogens (tertiary/aromatic N) is 1. The van der Waals surface area contributed by atoms with Crippen molar-refractivity contribution in [2.75, 3.05) is 18.0 Å². The molecule has 1 heterocycles. The van der Waals surface area contributed by atoms with Gasteiger partial charge in [0.05, 0.1) is 6.10 Å². The zero-order valence-electron chi connectivity index (χ0n) is 12.8. The summed E-state index contributed by atoms with van der Waals surface area (Å²) < 4.78 is 1.01. The number of hydrogen-bond acceptors (Lipinski definition) is 2. The van der Waals surface area contributed by atoms with Gasteiger partial charge in [-0.2, -0.15) is 0 Å². The van der Waals surface area contributed by atoms with Gasteiger partial charge in [0.2, 0.25) is 0 Å². The molecule has 1 aliphatic heterocycles. The Kier molecular flexibility index (Phi) is 5.14. The zero-order chi connectivity index (χ0) is 14.8. The molecule has 0 bridgehead atoms. The molecule has 3 heteroatoms. The number of benzene rings is 1. The average molecular weight is 340 g/mol. The van der Waals surface area contributed by atoms with Crippen LogP contribution >= 0.6 is 15.9 Å². The number of hydrogen-bond donors (Lipinski definition) is 1. The summed E-state index contributed by atoms with van der Waals surface area (Å²) in [6.45, 7) is 8.74. The van der Waals surface area contributed by atoms with Crippen LogP contribution < -0.4 is 4.90 Å². The Labute approximate surface area is 131 Å². The van der Waals surface area contributed by atoms with E-state index >= 15 is 0 Å². The van der Waals surface area contributed by atoms with Gasteiger partial charge in [0, 0.05) is 23.2 Å². The molecule has 0 spiro atoms. The van der Waals surface area contributed by atoms with E-state index in [4.69, 9.17) is 0 Å². The molecular weight excluding hydrogens is 314 g/mol. The molecule has 1 saturated heterocycles. The van der Waals surface area contributed by atoms with Crippen LogP contribution in [0, 0.1) is 5.41 Å². The van der Waals surface area contributed by atoms with Crippen LogP contribution in [0.1, 0.15) is 58.1 Å². The highest BCUT2D eigenvalue weighted by molar-refractivity contribution is 9.10. The van der Waals surface area contributed by atoms with Gasteiger partial charge in [-0.05, 0) is 42.9 Å². The molecule has 2 rings (SSSR count). The summed E-state index contributed by atoms with van der Waals surface area (Å²) in [5.74, 6) is 0.